The summed E-state index contributed by atoms with van der Waals surface area (Å²) in [5.41, 5.74) is 0.687. The SMILES string of the molecule is CC(=O)Oc1ccc(C(=O)COC(=O)c2ccncc2)cc1. The molecule has 0 N–H and O–H groups in total. The van der Waals surface area contributed by atoms with E-state index in [4.69, 9.17) is 9.47 Å². The van der Waals surface area contributed by atoms with Gasteiger partial charge < -0.3 is 9.47 Å². The number of rotatable bonds is 5. The number of benzene rings is 1. The van der Waals surface area contributed by atoms with E-state index >= 15 is 0 Å². The molecule has 6 nitrogen and oxygen atoms in total. The fourth-order valence-corrected chi connectivity index (χ4v) is 1.66. The average Bonchev–Trinajstić information content (AvgIpc) is 2.53. The molecule has 0 aliphatic heterocycles. The lowest BCUT2D eigenvalue weighted by Gasteiger charge is -2.05. The lowest BCUT2D eigenvalue weighted by Crippen LogP contribution is -2.14. The first-order chi connectivity index (χ1) is 10.6. The zero-order valence-electron chi connectivity index (χ0n) is 11.8. The second-order valence-corrected chi connectivity index (χ2v) is 4.35. The Bertz CT molecular complexity index is 679. The molecule has 1 aromatic carbocycles. The third kappa shape index (κ3) is 4.24. The molecule has 1 aromatic heterocycles. The Morgan fingerprint density at radius 3 is 2.18 bits per heavy atom. The number of hydrogen-bond donors (Lipinski definition) is 0. The first-order valence-corrected chi connectivity index (χ1v) is 6.45. The van der Waals surface area contributed by atoms with Gasteiger partial charge in [0.15, 0.2) is 12.4 Å². The normalized spacial score (nSPS) is 9.86. The van der Waals surface area contributed by atoms with Gasteiger partial charge in [-0.15, -0.1) is 0 Å². The molecule has 0 unspecified atom stereocenters. The predicted octanol–water partition coefficient (Wildman–Crippen LogP) is 2.05. The minimum absolute atomic E-state index is 0.327. The van der Waals surface area contributed by atoms with Gasteiger partial charge in [0.2, 0.25) is 0 Å². The van der Waals surface area contributed by atoms with E-state index in [1.165, 1.54) is 55.7 Å². The van der Waals surface area contributed by atoms with Crippen LogP contribution in [0.3, 0.4) is 0 Å². The topological polar surface area (TPSA) is 82.6 Å². The van der Waals surface area contributed by atoms with Crippen molar-refractivity contribution < 1.29 is 23.9 Å². The standard InChI is InChI=1S/C16H13NO5/c1-11(18)22-14-4-2-12(3-5-14)15(19)10-21-16(20)13-6-8-17-9-7-13/h2-9H,10H2,1H3. The van der Waals surface area contributed by atoms with Crippen molar-refractivity contribution in [3.05, 3.63) is 59.9 Å². The van der Waals surface area contributed by atoms with Crippen molar-refractivity contribution in [3.63, 3.8) is 0 Å². The number of aromatic nitrogens is 1. The van der Waals surface area contributed by atoms with Crippen LogP contribution in [-0.4, -0.2) is 29.3 Å². The molecule has 0 saturated heterocycles. The molecule has 0 radical (unpaired) electrons. The zero-order chi connectivity index (χ0) is 15.9. The second kappa shape index (κ2) is 7.12. The number of ketones is 1. The van der Waals surface area contributed by atoms with Crippen LogP contribution in [0.1, 0.15) is 27.6 Å². The van der Waals surface area contributed by atoms with E-state index < -0.39 is 11.9 Å². The minimum atomic E-state index is -0.590. The van der Waals surface area contributed by atoms with Crippen molar-refractivity contribution >= 4 is 17.7 Å². The summed E-state index contributed by atoms with van der Waals surface area (Å²) in [7, 11) is 0. The second-order valence-electron chi connectivity index (χ2n) is 4.35. The number of esters is 2. The summed E-state index contributed by atoms with van der Waals surface area (Å²) < 4.78 is 9.80. The van der Waals surface area contributed by atoms with Crippen molar-refractivity contribution in [2.24, 2.45) is 0 Å². The van der Waals surface area contributed by atoms with E-state index in [-0.39, 0.29) is 12.4 Å². The van der Waals surface area contributed by atoms with E-state index in [2.05, 4.69) is 4.98 Å². The number of carbonyl (C=O) groups is 3. The Balaban J connectivity index is 1.92. The van der Waals surface area contributed by atoms with Crippen LogP contribution in [0, 0.1) is 0 Å². The summed E-state index contributed by atoms with van der Waals surface area (Å²) >= 11 is 0. The molecule has 0 aliphatic rings. The maximum absolute atomic E-state index is 11.9. The number of carbonyl (C=O) groups excluding carboxylic acids is 3. The maximum Gasteiger partial charge on any atom is 0.338 e. The molecule has 112 valence electrons. The Kier molecular flexibility index (Phi) is 4.98. The van der Waals surface area contributed by atoms with Gasteiger partial charge in [-0.3, -0.25) is 14.6 Å². The molecule has 0 saturated carbocycles. The summed E-state index contributed by atoms with van der Waals surface area (Å²) in [5.74, 6) is -1.03. The predicted molar refractivity (Wildman–Crippen MR) is 76.6 cm³/mol. The molecule has 0 atom stereocenters. The molecule has 22 heavy (non-hydrogen) atoms. The van der Waals surface area contributed by atoms with Gasteiger partial charge in [-0.1, -0.05) is 0 Å². The fourth-order valence-electron chi connectivity index (χ4n) is 1.66. The monoisotopic (exact) mass is 299 g/mol. The van der Waals surface area contributed by atoms with Crippen LogP contribution in [0.5, 0.6) is 5.75 Å². The first kappa shape index (κ1) is 15.4. The summed E-state index contributed by atoms with van der Waals surface area (Å²) in [6.07, 6.45) is 2.93. The van der Waals surface area contributed by atoms with Crippen molar-refractivity contribution in [3.8, 4) is 5.75 Å². The Labute approximate surface area is 126 Å². The summed E-state index contributed by atoms with van der Waals surface area (Å²) in [6.45, 7) is 0.922. The molecule has 2 aromatic rings. The Hall–Kier alpha value is -3.02. The van der Waals surface area contributed by atoms with Crippen LogP contribution in [0.25, 0.3) is 0 Å². The maximum atomic E-state index is 11.9. The van der Waals surface area contributed by atoms with Gasteiger partial charge in [0.25, 0.3) is 0 Å². The molecular formula is C16H13NO5. The molecule has 0 bridgehead atoms. The molecule has 6 heteroatoms. The molecule has 2 rings (SSSR count). The fraction of sp³-hybridized carbons (Fsp3) is 0.125. The van der Waals surface area contributed by atoms with Crippen molar-refractivity contribution in [2.75, 3.05) is 6.61 Å². The van der Waals surface area contributed by atoms with Crippen LogP contribution in [-0.2, 0) is 9.53 Å². The van der Waals surface area contributed by atoms with Gasteiger partial charge in [-0.05, 0) is 36.4 Å². The number of Topliss-reactive ketones (excluding diaryl/α,β-unsaturated/α-hetero) is 1. The molecule has 1 heterocycles. The van der Waals surface area contributed by atoms with Gasteiger partial charge in [-0.2, -0.15) is 0 Å². The molecule has 0 amide bonds. The van der Waals surface area contributed by atoms with Crippen LogP contribution >= 0.6 is 0 Å². The average molecular weight is 299 g/mol. The minimum Gasteiger partial charge on any atom is -0.454 e. The molecule has 0 aliphatic carbocycles. The van der Waals surface area contributed by atoms with Crippen LogP contribution in [0.15, 0.2) is 48.8 Å². The number of hydrogen-bond acceptors (Lipinski definition) is 6. The van der Waals surface area contributed by atoms with Gasteiger partial charge in [-0.25, -0.2) is 4.79 Å². The lowest BCUT2D eigenvalue weighted by atomic mass is 10.1. The lowest BCUT2D eigenvalue weighted by molar-refractivity contribution is -0.131. The largest absolute Gasteiger partial charge is 0.454 e. The number of ether oxygens (including phenoxy) is 2. The molecule has 0 fully saturated rings. The van der Waals surface area contributed by atoms with Crippen molar-refractivity contribution in [1.82, 2.24) is 4.98 Å². The highest BCUT2D eigenvalue weighted by atomic mass is 16.5. The Morgan fingerprint density at radius 2 is 1.59 bits per heavy atom. The van der Waals surface area contributed by atoms with E-state index in [1.54, 1.807) is 0 Å². The van der Waals surface area contributed by atoms with Crippen LogP contribution in [0.2, 0.25) is 0 Å². The number of nitrogens with zero attached hydrogens (tertiary/aromatic N) is 1. The highest BCUT2D eigenvalue weighted by Crippen LogP contribution is 2.13. The van der Waals surface area contributed by atoms with Gasteiger partial charge in [0.1, 0.15) is 5.75 Å². The highest BCUT2D eigenvalue weighted by Gasteiger charge is 2.12. The van der Waals surface area contributed by atoms with Crippen LogP contribution in [0.4, 0.5) is 0 Å². The Morgan fingerprint density at radius 1 is 0.955 bits per heavy atom. The molecular weight excluding hydrogens is 286 g/mol. The smallest absolute Gasteiger partial charge is 0.338 e. The summed E-state index contributed by atoms with van der Waals surface area (Å²) in [6, 6.07) is 9.00. The quantitative estimate of drug-likeness (QED) is 0.477. The first-order valence-electron chi connectivity index (χ1n) is 6.45. The molecule has 0 spiro atoms. The van der Waals surface area contributed by atoms with E-state index in [1.807, 2.05) is 0 Å². The van der Waals surface area contributed by atoms with E-state index in [0.717, 1.165) is 0 Å². The highest BCUT2D eigenvalue weighted by molar-refractivity contribution is 5.99. The van der Waals surface area contributed by atoms with Crippen molar-refractivity contribution in [2.45, 2.75) is 6.92 Å². The number of pyridine rings is 1. The van der Waals surface area contributed by atoms with Gasteiger partial charge >= 0.3 is 11.9 Å². The van der Waals surface area contributed by atoms with Crippen molar-refractivity contribution in [1.29, 1.82) is 0 Å². The van der Waals surface area contributed by atoms with E-state index in [0.29, 0.717) is 16.9 Å². The summed E-state index contributed by atoms with van der Waals surface area (Å²) in [5, 5.41) is 0. The van der Waals surface area contributed by atoms with Gasteiger partial charge in [0, 0.05) is 24.9 Å². The summed E-state index contributed by atoms with van der Waals surface area (Å²) in [4.78, 5) is 38.2. The van der Waals surface area contributed by atoms with Gasteiger partial charge in [0.05, 0.1) is 5.56 Å². The van der Waals surface area contributed by atoms with E-state index in [9.17, 15) is 14.4 Å². The zero-order valence-corrected chi connectivity index (χ0v) is 11.8. The third-order valence-electron chi connectivity index (χ3n) is 2.69. The third-order valence-corrected chi connectivity index (χ3v) is 2.69. The van der Waals surface area contributed by atoms with Crippen LogP contribution < -0.4 is 4.74 Å².